The van der Waals surface area contributed by atoms with E-state index in [0.29, 0.717) is 5.69 Å². The molecule has 0 spiro atoms. The van der Waals surface area contributed by atoms with Crippen molar-refractivity contribution in [2.45, 2.75) is 48.1 Å². The molecule has 1 aromatic carbocycles. The van der Waals surface area contributed by atoms with Crippen LogP contribution in [0.2, 0.25) is 0 Å². The summed E-state index contributed by atoms with van der Waals surface area (Å²) in [4.78, 5) is -0.210. The minimum absolute atomic E-state index is 0.0134. The summed E-state index contributed by atoms with van der Waals surface area (Å²) in [6, 6.07) is 4.09. The number of piperazine rings is 1. The van der Waals surface area contributed by atoms with Gasteiger partial charge in [0, 0.05) is 26.2 Å². The molecule has 0 aromatic heterocycles. The van der Waals surface area contributed by atoms with Crippen molar-refractivity contribution >= 4 is 35.8 Å². The predicted molar refractivity (Wildman–Crippen MR) is 116 cm³/mol. The number of hydrogen-bond acceptors (Lipinski definition) is 7. The fourth-order valence-corrected chi connectivity index (χ4v) is 8.27. The van der Waals surface area contributed by atoms with Gasteiger partial charge in [0.05, 0.1) is 23.0 Å². The second-order valence-corrected chi connectivity index (χ2v) is 14.0. The zero-order valence-electron chi connectivity index (χ0n) is 17.3. The van der Waals surface area contributed by atoms with Crippen molar-refractivity contribution in [3.05, 3.63) is 18.2 Å². The van der Waals surface area contributed by atoms with Gasteiger partial charge in [0.15, 0.2) is 0 Å². The molecule has 13 heteroatoms. The van der Waals surface area contributed by atoms with Crippen LogP contribution < -0.4 is 10.0 Å². The van der Waals surface area contributed by atoms with Crippen molar-refractivity contribution in [3.8, 4) is 0 Å². The zero-order chi connectivity index (χ0) is 22.4. The molecule has 1 aliphatic carbocycles. The summed E-state index contributed by atoms with van der Waals surface area (Å²) in [6.45, 7) is 0.153. The summed E-state index contributed by atoms with van der Waals surface area (Å²) >= 11 is 0. The molecule has 4 rings (SSSR count). The number of fused-ring (bicyclic) bond motifs is 1. The molecule has 174 valence electrons. The number of nitrogens with one attached hydrogen (secondary N) is 2. The van der Waals surface area contributed by atoms with E-state index in [0.717, 1.165) is 38.4 Å². The Morgan fingerprint density at radius 2 is 1.55 bits per heavy atom. The molecule has 1 saturated heterocycles. The summed E-state index contributed by atoms with van der Waals surface area (Å²) in [7, 11) is -11.2. The molecule has 0 bridgehead atoms. The fourth-order valence-electron chi connectivity index (χ4n) is 4.50. The lowest BCUT2D eigenvalue weighted by molar-refractivity contribution is 0.274. The van der Waals surface area contributed by atoms with Crippen molar-refractivity contribution in [1.29, 1.82) is 0 Å². The Balaban J connectivity index is 1.57. The van der Waals surface area contributed by atoms with E-state index in [1.807, 2.05) is 0 Å². The van der Waals surface area contributed by atoms with E-state index in [1.54, 1.807) is 0 Å². The van der Waals surface area contributed by atoms with E-state index in [2.05, 4.69) is 10.0 Å². The average molecular weight is 493 g/mol. The van der Waals surface area contributed by atoms with Gasteiger partial charge in [-0.25, -0.2) is 25.3 Å². The highest BCUT2D eigenvalue weighted by molar-refractivity contribution is 7.90. The molecule has 2 heterocycles. The SMILES string of the molecule is CS(=O)(=O)N1CCN(S(=O)(=O)c2ccc3c(c2)S(=O)(=O)NC(C2CCCCC2)N3)CC1. The minimum Gasteiger partial charge on any atom is -0.368 e. The molecule has 10 nitrogen and oxygen atoms in total. The molecule has 0 amide bonds. The topological polar surface area (TPSA) is 133 Å². The van der Waals surface area contributed by atoms with Gasteiger partial charge >= 0.3 is 0 Å². The third kappa shape index (κ3) is 4.62. The average Bonchev–Trinajstić information content (AvgIpc) is 2.73. The maximum absolute atomic E-state index is 13.1. The lowest BCUT2D eigenvalue weighted by Gasteiger charge is -2.36. The van der Waals surface area contributed by atoms with Crippen molar-refractivity contribution in [3.63, 3.8) is 0 Å². The van der Waals surface area contributed by atoms with Gasteiger partial charge in [-0.05, 0) is 37.0 Å². The van der Waals surface area contributed by atoms with Crippen LogP contribution in [0.1, 0.15) is 32.1 Å². The standard InChI is InChI=1S/C18H28N4O6S3/c1-29(23,24)21-9-11-22(12-10-21)31(27,28)15-7-8-16-17(13-15)30(25,26)20-18(19-16)14-5-3-2-4-6-14/h7-8,13-14,18-20H,2-6,9-12H2,1H3. The first-order valence-corrected chi connectivity index (χ1v) is 15.1. The summed E-state index contributed by atoms with van der Waals surface area (Å²) in [5, 5.41) is 3.23. The first kappa shape index (κ1) is 22.9. The fraction of sp³-hybridized carbons (Fsp3) is 0.667. The Morgan fingerprint density at radius 3 is 2.16 bits per heavy atom. The van der Waals surface area contributed by atoms with Gasteiger partial charge in [0.1, 0.15) is 4.90 Å². The van der Waals surface area contributed by atoms with Crippen molar-refractivity contribution in [2.24, 2.45) is 5.92 Å². The molecule has 31 heavy (non-hydrogen) atoms. The predicted octanol–water partition coefficient (Wildman–Crippen LogP) is 0.563. The van der Waals surface area contributed by atoms with E-state index < -0.39 is 36.2 Å². The van der Waals surface area contributed by atoms with Gasteiger partial charge in [-0.15, -0.1) is 0 Å². The van der Waals surface area contributed by atoms with Crippen LogP contribution in [0.4, 0.5) is 5.69 Å². The van der Waals surface area contributed by atoms with Crippen molar-refractivity contribution in [2.75, 3.05) is 37.8 Å². The van der Waals surface area contributed by atoms with Crippen LogP contribution in [-0.4, -0.2) is 72.5 Å². The molecule has 2 N–H and O–H groups in total. The molecule has 1 atom stereocenters. The van der Waals surface area contributed by atoms with Gasteiger partial charge in [-0.1, -0.05) is 19.3 Å². The molecule has 3 aliphatic rings. The van der Waals surface area contributed by atoms with Crippen molar-refractivity contribution in [1.82, 2.24) is 13.3 Å². The maximum atomic E-state index is 13.1. The quantitative estimate of drug-likeness (QED) is 0.627. The number of sulfonamides is 3. The van der Waals surface area contributed by atoms with Crippen LogP contribution in [0, 0.1) is 5.92 Å². The number of nitrogens with zero attached hydrogens (tertiary/aromatic N) is 2. The highest BCUT2D eigenvalue weighted by atomic mass is 32.2. The highest BCUT2D eigenvalue weighted by Crippen LogP contribution is 2.34. The second kappa shape index (κ2) is 8.27. The third-order valence-electron chi connectivity index (χ3n) is 6.26. The van der Waals surface area contributed by atoms with E-state index in [9.17, 15) is 25.3 Å². The smallest absolute Gasteiger partial charge is 0.244 e. The summed E-state index contributed by atoms with van der Waals surface area (Å²) < 4.78 is 80.4. The minimum atomic E-state index is -3.96. The second-order valence-electron chi connectivity index (χ2n) is 8.37. The van der Waals surface area contributed by atoms with E-state index in [4.69, 9.17) is 0 Å². The normalized spacial score (nSPS) is 26.2. The van der Waals surface area contributed by atoms with Crippen molar-refractivity contribution < 1.29 is 25.3 Å². The van der Waals surface area contributed by atoms with Crippen LogP contribution in [0.5, 0.6) is 0 Å². The monoisotopic (exact) mass is 492 g/mol. The Labute approximate surface area is 184 Å². The van der Waals surface area contributed by atoms with E-state index >= 15 is 0 Å². The lowest BCUT2D eigenvalue weighted by atomic mass is 9.87. The Hall–Kier alpha value is -1.25. The van der Waals surface area contributed by atoms with Gasteiger partial charge in [-0.3, -0.25) is 0 Å². The maximum Gasteiger partial charge on any atom is 0.244 e. The first-order valence-electron chi connectivity index (χ1n) is 10.4. The lowest BCUT2D eigenvalue weighted by Crippen LogP contribution is -2.50. The molecule has 1 aromatic rings. The molecule has 2 aliphatic heterocycles. The molecule has 1 saturated carbocycles. The molecule has 2 fully saturated rings. The molecular weight excluding hydrogens is 464 g/mol. The number of benzene rings is 1. The Bertz CT molecular complexity index is 1150. The Kier molecular flexibility index (Phi) is 6.11. The van der Waals surface area contributed by atoms with Crippen LogP contribution in [-0.2, 0) is 30.1 Å². The van der Waals surface area contributed by atoms with Gasteiger partial charge < -0.3 is 5.32 Å². The van der Waals surface area contributed by atoms with Gasteiger partial charge in [0.25, 0.3) is 0 Å². The van der Waals surface area contributed by atoms with Crippen LogP contribution in [0.3, 0.4) is 0 Å². The zero-order valence-corrected chi connectivity index (χ0v) is 19.8. The van der Waals surface area contributed by atoms with Gasteiger partial charge in [0.2, 0.25) is 30.1 Å². The highest BCUT2D eigenvalue weighted by Gasteiger charge is 2.37. The summed E-state index contributed by atoms with van der Waals surface area (Å²) in [6.07, 6.45) is 5.88. The van der Waals surface area contributed by atoms with Crippen LogP contribution in [0.25, 0.3) is 0 Å². The summed E-state index contributed by atoms with van der Waals surface area (Å²) in [5.41, 5.74) is 0.398. The molecule has 1 unspecified atom stereocenters. The molecular formula is C18H28N4O6S3. The Morgan fingerprint density at radius 1 is 0.935 bits per heavy atom. The first-order chi connectivity index (χ1) is 14.5. The summed E-state index contributed by atoms with van der Waals surface area (Å²) in [5.74, 6) is 0.200. The van der Waals surface area contributed by atoms with Crippen LogP contribution >= 0.6 is 0 Å². The largest absolute Gasteiger partial charge is 0.368 e. The number of anilines is 1. The van der Waals surface area contributed by atoms with E-state index in [1.165, 1.54) is 26.8 Å². The van der Waals surface area contributed by atoms with E-state index in [-0.39, 0.29) is 41.9 Å². The third-order valence-corrected chi connectivity index (χ3v) is 10.9. The number of rotatable bonds is 4. The number of hydrogen-bond donors (Lipinski definition) is 2. The van der Waals surface area contributed by atoms with Crippen LogP contribution in [0.15, 0.2) is 28.0 Å². The molecule has 0 radical (unpaired) electrons. The van der Waals surface area contributed by atoms with Gasteiger partial charge in [-0.2, -0.15) is 13.3 Å².